The van der Waals surface area contributed by atoms with E-state index in [1.807, 2.05) is 39.0 Å². The Labute approximate surface area is 283 Å². The fraction of sp³-hybridized carbons (Fsp3) is 0.359. The molecular weight excluding hydrogens is 612 g/mol. The van der Waals surface area contributed by atoms with Gasteiger partial charge in [-0.1, -0.05) is 51.5 Å². The zero-order chi connectivity index (χ0) is 35.2. The second kappa shape index (κ2) is 18.7. The molecule has 9 heteroatoms. The van der Waals surface area contributed by atoms with Gasteiger partial charge < -0.3 is 39.7 Å². The number of carbonyl (C=O) groups excluding carboxylic acids is 1. The van der Waals surface area contributed by atoms with E-state index in [2.05, 4.69) is 26.0 Å². The van der Waals surface area contributed by atoms with Gasteiger partial charge in [0.15, 0.2) is 0 Å². The summed E-state index contributed by atoms with van der Waals surface area (Å²) in [7, 11) is 0. The molecule has 0 heterocycles. The predicted molar refractivity (Wildman–Crippen MR) is 184 cm³/mol. The number of aryl methyl sites for hydroxylation is 1. The number of aliphatic hydroxyl groups excluding tert-OH is 3. The Morgan fingerprint density at radius 2 is 1.10 bits per heavy atom. The molecule has 4 aromatic rings. The van der Waals surface area contributed by atoms with Gasteiger partial charge in [-0.25, -0.2) is 0 Å². The maximum atomic E-state index is 11.8. The maximum Gasteiger partial charge on any atom is 0.314 e. The Hall–Kier alpha value is -4.57. The number of aliphatic hydroxyl groups is 3. The molecule has 2 unspecified atom stereocenters. The first kappa shape index (κ1) is 37.9. The van der Waals surface area contributed by atoms with Gasteiger partial charge in [-0.15, -0.1) is 0 Å². The molecule has 9 nitrogen and oxygen atoms in total. The second-order valence-electron chi connectivity index (χ2n) is 11.8. The molecule has 0 aliphatic rings. The highest BCUT2D eigenvalue weighted by Crippen LogP contribution is 2.28. The number of carbonyl (C=O) groups is 1. The van der Waals surface area contributed by atoms with E-state index < -0.39 is 0 Å². The summed E-state index contributed by atoms with van der Waals surface area (Å²) in [6, 6.07) is 21.7. The zero-order valence-electron chi connectivity index (χ0n) is 28.4. The fourth-order valence-corrected chi connectivity index (χ4v) is 4.76. The van der Waals surface area contributed by atoms with Crippen molar-refractivity contribution < 1.29 is 44.5 Å². The molecule has 2 atom stereocenters. The summed E-state index contributed by atoms with van der Waals surface area (Å²) in [5.41, 5.74) is 4.89. The third-order valence-corrected chi connectivity index (χ3v) is 8.17. The van der Waals surface area contributed by atoms with E-state index in [4.69, 9.17) is 14.2 Å². The first-order chi connectivity index (χ1) is 23.0. The van der Waals surface area contributed by atoms with E-state index in [-0.39, 0.29) is 49.8 Å². The first-order valence-corrected chi connectivity index (χ1v) is 16.2. The van der Waals surface area contributed by atoms with Crippen LogP contribution in [0.15, 0.2) is 72.8 Å². The van der Waals surface area contributed by atoms with Crippen molar-refractivity contribution in [2.45, 2.75) is 86.4 Å². The van der Waals surface area contributed by atoms with Gasteiger partial charge in [0.05, 0.1) is 25.7 Å². The van der Waals surface area contributed by atoms with Gasteiger partial charge in [-0.3, -0.25) is 4.79 Å². The van der Waals surface area contributed by atoms with Gasteiger partial charge in [0, 0.05) is 22.3 Å². The molecule has 0 radical (unpaired) electrons. The molecule has 258 valence electrons. The predicted octanol–water partition coefficient (Wildman–Crippen LogP) is 7.19. The minimum Gasteiger partial charge on any atom is -0.507 e. The Bertz CT molecular complexity index is 1570. The van der Waals surface area contributed by atoms with Crippen molar-refractivity contribution >= 4 is 5.97 Å². The van der Waals surface area contributed by atoms with E-state index in [0.29, 0.717) is 46.3 Å². The summed E-state index contributed by atoms with van der Waals surface area (Å²) < 4.78 is 16.7. The number of hydrogen-bond acceptors (Lipinski definition) is 9. The average molecular weight is 661 g/mol. The van der Waals surface area contributed by atoms with Crippen LogP contribution < -0.4 is 14.2 Å². The SMILES string of the molecule is CCC(C)C(=O)Oc1ccc(OCc2cc(C)cc(CO)c2O)cc1.CCC(C)c1ccc(OCc2cc(CO)c(O)c(CO)c2)cc1. The van der Waals surface area contributed by atoms with E-state index in [0.717, 1.165) is 29.7 Å². The number of aromatic hydroxyl groups is 2. The molecule has 0 amide bonds. The lowest BCUT2D eigenvalue weighted by molar-refractivity contribution is -0.138. The number of phenols is 2. The molecule has 0 aromatic heterocycles. The van der Waals surface area contributed by atoms with Crippen molar-refractivity contribution in [3.05, 3.63) is 112 Å². The Kier molecular flexibility index (Phi) is 14.7. The summed E-state index contributed by atoms with van der Waals surface area (Å²) in [6.45, 7) is 9.71. The second-order valence-corrected chi connectivity index (χ2v) is 11.8. The number of esters is 1. The van der Waals surface area contributed by atoms with Crippen molar-refractivity contribution in [1.82, 2.24) is 0 Å². The molecule has 0 bridgehead atoms. The summed E-state index contributed by atoms with van der Waals surface area (Å²) in [5.74, 6) is 1.96. The standard InChI is InChI=1S/C20H24O5.C19H24O4/c1-4-14(3)20(23)25-18-7-5-17(6-8-18)24-12-16-10-13(2)9-15(11-21)19(16)22;1-3-13(2)15-4-6-18(7-5-15)23-12-14-8-16(10-20)19(22)17(9-14)11-21/h5-10,14,21-22H,4,11-12H2,1-3H3;4-9,13,20-22H,3,10-12H2,1-2H3. The molecule has 4 rings (SSSR count). The van der Waals surface area contributed by atoms with Gasteiger partial charge in [0.25, 0.3) is 0 Å². The summed E-state index contributed by atoms with van der Waals surface area (Å²) in [5, 5.41) is 47.8. The first-order valence-electron chi connectivity index (χ1n) is 16.2. The molecule has 0 spiro atoms. The van der Waals surface area contributed by atoms with Gasteiger partial charge >= 0.3 is 5.97 Å². The van der Waals surface area contributed by atoms with E-state index in [1.165, 1.54) is 5.56 Å². The molecule has 5 N–H and O–H groups in total. The fourth-order valence-electron chi connectivity index (χ4n) is 4.76. The van der Waals surface area contributed by atoms with Crippen molar-refractivity contribution in [2.24, 2.45) is 5.92 Å². The third kappa shape index (κ3) is 10.7. The summed E-state index contributed by atoms with van der Waals surface area (Å²) in [6.07, 6.45) is 1.83. The molecule has 0 fully saturated rings. The van der Waals surface area contributed by atoms with Crippen LogP contribution in [0.5, 0.6) is 28.7 Å². The van der Waals surface area contributed by atoms with Gasteiger partial charge in [-0.05, 0) is 91.4 Å². The highest BCUT2D eigenvalue weighted by molar-refractivity contribution is 5.74. The van der Waals surface area contributed by atoms with Crippen molar-refractivity contribution in [3.8, 4) is 28.7 Å². The Balaban J connectivity index is 0.000000261. The number of rotatable bonds is 14. The Morgan fingerprint density at radius 1 is 0.646 bits per heavy atom. The number of ether oxygens (including phenoxy) is 3. The van der Waals surface area contributed by atoms with Crippen LogP contribution in [0, 0.1) is 12.8 Å². The minimum absolute atomic E-state index is 0.0483. The van der Waals surface area contributed by atoms with E-state index in [9.17, 15) is 30.3 Å². The molecule has 0 saturated heterocycles. The molecule has 4 aromatic carbocycles. The van der Waals surface area contributed by atoms with E-state index in [1.54, 1.807) is 42.5 Å². The molecule has 48 heavy (non-hydrogen) atoms. The number of hydrogen-bond donors (Lipinski definition) is 5. The van der Waals surface area contributed by atoms with Gasteiger partial charge in [0.1, 0.15) is 42.0 Å². The molecular formula is C39H48O9. The van der Waals surface area contributed by atoms with Crippen LogP contribution >= 0.6 is 0 Å². The summed E-state index contributed by atoms with van der Waals surface area (Å²) >= 11 is 0. The normalized spacial score (nSPS) is 12.0. The lowest BCUT2D eigenvalue weighted by Gasteiger charge is -2.13. The van der Waals surface area contributed by atoms with Crippen LogP contribution in [-0.2, 0) is 37.8 Å². The van der Waals surface area contributed by atoms with Crippen LogP contribution in [0.4, 0.5) is 0 Å². The lowest BCUT2D eigenvalue weighted by Crippen LogP contribution is -2.16. The largest absolute Gasteiger partial charge is 0.507 e. The zero-order valence-corrected chi connectivity index (χ0v) is 28.4. The summed E-state index contributed by atoms with van der Waals surface area (Å²) in [4.78, 5) is 11.8. The van der Waals surface area contributed by atoms with Crippen LogP contribution in [0.3, 0.4) is 0 Å². The van der Waals surface area contributed by atoms with Crippen LogP contribution in [0.25, 0.3) is 0 Å². The number of benzene rings is 4. The molecule has 0 aliphatic heterocycles. The third-order valence-electron chi connectivity index (χ3n) is 8.17. The molecule has 0 aliphatic carbocycles. The van der Waals surface area contributed by atoms with Crippen molar-refractivity contribution in [2.75, 3.05) is 0 Å². The lowest BCUT2D eigenvalue weighted by atomic mass is 9.99. The minimum atomic E-state index is -0.281. The monoisotopic (exact) mass is 660 g/mol. The van der Waals surface area contributed by atoms with Gasteiger partial charge in [0.2, 0.25) is 0 Å². The van der Waals surface area contributed by atoms with Gasteiger partial charge in [-0.2, -0.15) is 0 Å². The average Bonchev–Trinajstić information content (AvgIpc) is 3.11. The van der Waals surface area contributed by atoms with Crippen molar-refractivity contribution in [3.63, 3.8) is 0 Å². The highest BCUT2D eigenvalue weighted by atomic mass is 16.5. The maximum absolute atomic E-state index is 11.8. The topological polar surface area (TPSA) is 146 Å². The van der Waals surface area contributed by atoms with E-state index >= 15 is 0 Å². The highest BCUT2D eigenvalue weighted by Gasteiger charge is 2.14. The van der Waals surface area contributed by atoms with Crippen LogP contribution in [0.2, 0.25) is 0 Å². The Morgan fingerprint density at radius 3 is 1.62 bits per heavy atom. The van der Waals surface area contributed by atoms with Crippen LogP contribution in [0.1, 0.15) is 85.4 Å². The van der Waals surface area contributed by atoms with Crippen molar-refractivity contribution in [1.29, 1.82) is 0 Å². The quantitative estimate of drug-likeness (QED) is 0.0700. The molecule has 0 saturated carbocycles. The smallest absolute Gasteiger partial charge is 0.314 e. The van der Waals surface area contributed by atoms with Crippen LogP contribution in [-0.4, -0.2) is 31.5 Å².